The number of halogens is 3. The van der Waals surface area contributed by atoms with Crippen LogP contribution in [-0.4, -0.2) is 19.9 Å². The second-order valence-electron chi connectivity index (χ2n) is 5.26. The molecule has 0 aliphatic rings. The van der Waals surface area contributed by atoms with E-state index in [0.29, 0.717) is 17.3 Å². The van der Waals surface area contributed by atoms with E-state index in [0.717, 1.165) is 10.9 Å². The van der Waals surface area contributed by atoms with Crippen LogP contribution in [0.1, 0.15) is 17.0 Å². The quantitative estimate of drug-likeness (QED) is 0.752. The highest BCUT2D eigenvalue weighted by Crippen LogP contribution is 2.27. The van der Waals surface area contributed by atoms with Gasteiger partial charge in [-0.25, -0.2) is 15.0 Å². The smallest absolute Gasteiger partial charge is 0.294 e. The van der Waals surface area contributed by atoms with E-state index >= 15 is 0 Å². The van der Waals surface area contributed by atoms with Crippen molar-refractivity contribution in [2.45, 2.75) is 20.0 Å². The first-order valence-electron chi connectivity index (χ1n) is 6.93. The van der Waals surface area contributed by atoms with Gasteiger partial charge in [-0.1, -0.05) is 12.1 Å². The fourth-order valence-corrected chi connectivity index (χ4v) is 2.22. The standard InChI is InChI=1S/C15H12F3N5O/c1-7-3-4-9-8(2)19-13(20-10(9)5-7)23-14-21-11(15(16,17)18)6-12(24)22-14/h3-6H,1-2H3,(H2,19,20,21,22,23,24). The number of rotatable bonds is 2. The number of aromatic amines is 1. The van der Waals surface area contributed by atoms with E-state index in [9.17, 15) is 18.0 Å². The molecule has 124 valence electrons. The maximum atomic E-state index is 12.7. The van der Waals surface area contributed by atoms with E-state index in [1.165, 1.54) is 0 Å². The molecule has 2 heterocycles. The summed E-state index contributed by atoms with van der Waals surface area (Å²) in [5, 5.41) is 3.35. The number of anilines is 2. The first-order chi connectivity index (χ1) is 11.2. The van der Waals surface area contributed by atoms with E-state index in [1.807, 2.05) is 25.1 Å². The SMILES string of the molecule is Cc1ccc2c(C)nc(Nc3nc(C(F)(F)F)cc(=O)[nH]3)nc2c1. The summed E-state index contributed by atoms with van der Waals surface area (Å²) in [6, 6.07) is 6.00. The molecule has 9 heteroatoms. The summed E-state index contributed by atoms with van der Waals surface area (Å²) in [5.41, 5.74) is 0.0589. The molecule has 1 aromatic carbocycles. The molecule has 3 rings (SSSR count). The number of nitrogens with one attached hydrogen (secondary N) is 2. The van der Waals surface area contributed by atoms with Crippen LogP contribution >= 0.6 is 0 Å². The molecule has 3 aromatic rings. The van der Waals surface area contributed by atoms with Gasteiger partial charge in [0.2, 0.25) is 11.9 Å². The zero-order chi connectivity index (χ0) is 17.5. The van der Waals surface area contributed by atoms with Crippen LogP contribution in [0.15, 0.2) is 29.1 Å². The summed E-state index contributed by atoms with van der Waals surface area (Å²) in [5.74, 6) is -0.325. The molecule has 0 unspecified atom stereocenters. The van der Waals surface area contributed by atoms with Gasteiger partial charge in [0.05, 0.1) is 11.2 Å². The Kier molecular flexibility index (Phi) is 3.70. The van der Waals surface area contributed by atoms with Gasteiger partial charge in [-0.3, -0.25) is 15.1 Å². The lowest BCUT2D eigenvalue weighted by Gasteiger charge is -2.10. The van der Waals surface area contributed by atoms with Gasteiger partial charge in [0, 0.05) is 11.5 Å². The van der Waals surface area contributed by atoms with Crippen LogP contribution in [0.25, 0.3) is 10.9 Å². The minimum atomic E-state index is -4.72. The molecule has 2 aromatic heterocycles. The average molecular weight is 335 g/mol. The molecule has 0 atom stereocenters. The highest BCUT2D eigenvalue weighted by Gasteiger charge is 2.33. The first-order valence-corrected chi connectivity index (χ1v) is 6.93. The van der Waals surface area contributed by atoms with Gasteiger partial charge >= 0.3 is 6.18 Å². The lowest BCUT2D eigenvalue weighted by Crippen LogP contribution is -2.18. The molecule has 24 heavy (non-hydrogen) atoms. The van der Waals surface area contributed by atoms with Crippen molar-refractivity contribution in [3.8, 4) is 0 Å². The third-order valence-corrected chi connectivity index (χ3v) is 3.31. The largest absolute Gasteiger partial charge is 0.433 e. The summed E-state index contributed by atoms with van der Waals surface area (Å²) in [4.78, 5) is 25.4. The van der Waals surface area contributed by atoms with E-state index in [1.54, 1.807) is 6.92 Å². The minimum absolute atomic E-state index is 0.0491. The molecular weight excluding hydrogens is 323 g/mol. The van der Waals surface area contributed by atoms with Crippen LogP contribution in [-0.2, 0) is 6.18 Å². The van der Waals surface area contributed by atoms with Crippen LogP contribution in [0.2, 0.25) is 0 Å². The second-order valence-corrected chi connectivity index (χ2v) is 5.26. The summed E-state index contributed by atoms with van der Waals surface area (Å²) >= 11 is 0. The molecule has 0 amide bonds. The number of alkyl halides is 3. The van der Waals surface area contributed by atoms with E-state index < -0.39 is 17.4 Å². The Bertz CT molecular complexity index is 981. The summed E-state index contributed by atoms with van der Waals surface area (Å²) in [7, 11) is 0. The Labute approximate surface area is 133 Å². The van der Waals surface area contributed by atoms with Crippen molar-refractivity contribution in [1.29, 1.82) is 0 Å². The highest BCUT2D eigenvalue weighted by atomic mass is 19.4. The zero-order valence-corrected chi connectivity index (χ0v) is 12.7. The van der Waals surface area contributed by atoms with Crippen LogP contribution in [0.3, 0.4) is 0 Å². The van der Waals surface area contributed by atoms with Crippen molar-refractivity contribution in [3.05, 3.63) is 51.6 Å². The Balaban J connectivity index is 2.04. The predicted molar refractivity (Wildman–Crippen MR) is 82.2 cm³/mol. The van der Waals surface area contributed by atoms with Crippen molar-refractivity contribution in [3.63, 3.8) is 0 Å². The van der Waals surface area contributed by atoms with Crippen LogP contribution in [0.4, 0.5) is 25.1 Å². The van der Waals surface area contributed by atoms with Crippen molar-refractivity contribution in [1.82, 2.24) is 19.9 Å². The maximum Gasteiger partial charge on any atom is 0.433 e. The van der Waals surface area contributed by atoms with Gasteiger partial charge in [-0.05, 0) is 25.5 Å². The second kappa shape index (κ2) is 5.59. The van der Waals surface area contributed by atoms with Gasteiger partial charge in [-0.15, -0.1) is 0 Å². The monoisotopic (exact) mass is 335 g/mol. The number of aromatic nitrogens is 4. The summed E-state index contributed by atoms with van der Waals surface area (Å²) < 4.78 is 38.2. The Morgan fingerprint density at radius 1 is 1.08 bits per heavy atom. The van der Waals surface area contributed by atoms with Crippen molar-refractivity contribution < 1.29 is 13.2 Å². The third-order valence-electron chi connectivity index (χ3n) is 3.31. The molecule has 0 radical (unpaired) electrons. The van der Waals surface area contributed by atoms with Gasteiger partial charge in [0.25, 0.3) is 5.56 Å². The molecule has 0 aliphatic carbocycles. The summed E-state index contributed by atoms with van der Waals surface area (Å²) in [6.07, 6.45) is -4.72. The van der Waals surface area contributed by atoms with Gasteiger partial charge in [-0.2, -0.15) is 13.2 Å². The highest BCUT2D eigenvalue weighted by molar-refractivity contribution is 5.82. The van der Waals surface area contributed by atoms with Gasteiger partial charge < -0.3 is 0 Å². The Morgan fingerprint density at radius 2 is 1.83 bits per heavy atom. The average Bonchev–Trinajstić information content (AvgIpc) is 2.45. The molecule has 0 saturated carbocycles. The van der Waals surface area contributed by atoms with E-state index in [2.05, 4.69) is 25.3 Å². The number of aryl methyl sites for hydroxylation is 2. The van der Waals surface area contributed by atoms with Crippen molar-refractivity contribution in [2.75, 3.05) is 5.32 Å². The lowest BCUT2D eigenvalue weighted by molar-refractivity contribution is -0.141. The molecule has 0 aliphatic heterocycles. The normalized spacial score (nSPS) is 11.7. The Morgan fingerprint density at radius 3 is 2.54 bits per heavy atom. The number of hydrogen-bond donors (Lipinski definition) is 2. The van der Waals surface area contributed by atoms with Crippen LogP contribution in [0.5, 0.6) is 0 Å². The molecule has 6 nitrogen and oxygen atoms in total. The van der Waals surface area contributed by atoms with Crippen molar-refractivity contribution >= 4 is 22.8 Å². The molecule has 0 saturated heterocycles. The fraction of sp³-hybridized carbons (Fsp3) is 0.200. The number of nitrogens with zero attached hydrogens (tertiary/aromatic N) is 3. The van der Waals surface area contributed by atoms with E-state index in [4.69, 9.17) is 0 Å². The maximum absolute atomic E-state index is 12.7. The molecule has 0 bridgehead atoms. The minimum Gasteiger partial charge on any atom is -0.294 e. The number of H-pyrrole nitrogens is 1. The van der Waals surface area contributed by atoms with Gasteiger partial charge in [0.1, 0.15) is 0 Å². The predicted octanol–water partition coefficient (Wildman–Crippen LogP) is 3.09. The van der Waals surface area contributed by atoms with Gasteiger partial charge in [0.15, 0.2) is 5.69 Å². The first kappa shape index (κ1) is 15.9. The van der Waals surface area contributed by atoms with Crippen molar-refractivity contribution in [2.24, 2.45) is 0 Å². The summed E-state index contributed by atoms with van der Waals surface area (Å²) in [6.45, 7) is 3.66. The molecule has 2 N–H and O–H groups in total. The number of hydrogen-bond acceptors (Lipinski definition) is 5. The number of benzene rings is 1. The number of fused-ring (bicyclic) bond motifs is 1. The molecule has 0 fully saturated rings. The third kappa shape index (κ3) is 3.19. The molecule has 0 spiro atoms. The zero-order valence-electron chi connectivity index (χ0n) is 12.7. The molecular formula is C15H12F3N5O. The topological polar surface area (TPSA) is 83.6 Å². The lowest BCUT2D eigenvalue weighted by atomic mass is 10.1. The van der Waals surface area contributed by atoms with E-state index in [-0.39, 0.29) is 11.9 Å². The van der Waals surface area contributed by atoms with Crippen LogP contribution in [0, 0.1) is 13.8 Å². The van der Waals surface area contributed by atoms with Crippen LogP contribution < -0.4 is 10.9 Å². The Hall–Kier alpha value is -2.97. The fourth-order valence-electron chi connectivity index (χ4n) is 2.22.